The third-order valence-corrected chi connectivity index (χ3v) is 6.30. The number of benzene rings is 2. The third-order valence-electron chi connectivity index (χ3n) is 4.39. The minimum Gasteiger partial charge on any atom is -0.494 e. The van der Waals surface area contributed by atoms with Crippen molar-refractivity contribution in [3.05, 3.63) is 53.8 Å². The molecule has 1 heterocycles. The molecule has 0 spiro atoms. The Morgan fingerprint density at radius 1 is 1.18 bits per heavy atom. The Morgan fingerprint density at radius 2 is 1.86 bits per heavy atom. The van der Waals surface area contributed by atoms with E-state index in [2.05, 4.69) is 5.32 Å². The van der Waals surface area contributed by atoms with Crippen molar-refractivity contribution in [3.8, 4) is 5.75 Å². The molecule has 0 bridgehead atoms. The monoisotopic (exact) mass is 408 g/mol. The van der Waals surface area contributed by atoms with Crippen molar-refractivity contribution < 1.29 is 27.1 Å². The molecule has 1 saturated heterocycles. The highest BCUT2D eigenvalue weighted by Gasteiger charge is 2.26. The Morgan fingerprint density at radius 3 is 2.46 bits per heavy atom. The molecule has 150 valence electrons. The SMILES string of the molecule is COc1ccc(C(=O)CNc2ccc(S(=O)(=O)N3CCOCC3)cc2)cc1F. The summed E-state index contributed by atoms with van der Waals surface area (Å²) in [7, 11) is -2.21. The van der Waals surface area contributed by atoms with Crippen molar-refractivity contribution in [3.63, 3.8) is 0 Å². The molecule has 0 atom stereocenters. The summed E-state index contributed by atoms with van der Waals surface area (Å²) in [5.74, 6) is -0.834. The van der Waals surface area contributed by atoms with Crippen molar-refractivity contribution in [2.75, 3.05) is 45.3 Å². The van der Waals surface area contributed by atoms with Crippen molar-refractivity contribution in [2.24, 2.45) is 0 Å². The lowest BCUT2D eigenvalue weighted by atomic mass is 10.1. The van der Waals surface area contributed by atoms with Crippen LogP contribution in [0.1, 0.15) is 10.4 Å². The van der Waals surface area contributed by atoms with Crippen LogP contribution in [0.15, 0.2) is 47.4 Å². The number of carbonyl (C=O) groups is 1. The number of ether oxygens (including phenoxy) is 2. The van der Waals surface area contributed by atoms with Crippen LogP contribution < -0.4 is 10.1 Å². The molecule has 0 amide bonds. The quantitative estimate of drug-likeness (QED) is 0.707. The average molecular weight is 408 g/mol. The molecule has 3 rings (SSSR count). The molecule has 0 aliphatic carbocycles. The zero-order valence-corrected chi connectivity index (χ0v) is 16.2. The highest BCUT2D eigenvalue weighted by molar-refractivity contribution is 7.89. The third kappa shape index (κ3) is 4.49. The van der Waals surface area contributed by atoms with E-state index in [1.54, 1.807) is 12.1 Å². The Hall–Kier alpha value is -2.49. The van der Waals surface area contributed by atoms with Crippen molar-refractivity contribution in [1.82, 2.24) is 4.31 Å². The molecule has 1 aliphatic heterocycles. The van der Waals surface area contributed by atoms with Crippen molar-refractivity contribution in [1.29, 1.82) is 0 Å². The van der Waals surface area contributed by atoms with E-state index >= 15 is 0 Å². The van der Waals surface area contributed by atoms with Crippen molar-refractivity contribution >= 4 is 21.5 Å². The fourth-order valence-corrected chi connectivity index (χ4v) is 4.21. The van der Waals surface area contributed by atoms with Gasteiger partial charge in [0.1, 0.15) is 0 Å². The fourth-order valence-electron chi connectivity index (χ4n) is 2.81. The molecule has 1 N–H and O–H groups in total. The maximum atomic E-state index is 13.7. The van der Waals surface area contributed by atoms with Crippen LogP contribution in [0.4, 0.5) is 10.1 Å². The number of nitrogens with zero attached hydrogens (tertiary/aromatic N) is 1. The second-order valence-electron chi connectivity index (χ2n) is 6.17. The average Bonchev–Trinajstić information content (AvgIpc) is 2.73. The van der Waals surface area contributed by atoms with Gasteiger partial charge in [-0.05, 0) is 42.5 Å². The Labute approximate surface area is 163 Å². The first-order valence-corrected chi connectivity index (χ1v) is 10.1. The molecule has 2 aromatic rings. The molecule has 0 saturated carbocycles. The van der Waals surface area contributed by atoms with E-state index in [0.29, 0.717) is 32.0 Å². The van der Waals surface area contributed by atoms with Gasteiger partial charge < -0.3 is 14.8 Å². The smallest absolute Gasteiger partial charge is 0.243 e. The standard InChI is InChI=1S/C19H21FN2O5S/c1-26-19-7-2-14(12-17(19)20)18(23)13-21-15-3-5-16(6-4-15)28(24,25)22-8-10-27-11-9-22/h2-7,12,21H,8-11,13H2,1H3. The molecule has 1 fully saturated rings. The van der Waals surface area contributed by atoms with Gasteiger partial charge in [-0.15, -0.1) is 0 Å². The van der Waals surface area contributed by atoms with Crippen LogP contribution in [0.25, 0.3) is 0 Å². The first-order valence-electron chi connectivity index (χ1n) is 8.70. The number of nitrogens with one attached hydrogen (secondary N) is 1. The zero-order chi connectivity index (χ0) is 20.1. The maximum Gasteiger partial charge on any atom is 0.243 e. The van der Waals surface area contributed by atoms with E-state index in [0.717, 1.165) is 6.07 Å². The lowest BCUT2D eigenvalue weighted by Gasteiger charge is -2.26. The van der Waals surface area contributed by atoms with Gasteiger partial charge in [-0.1, -0.05) is 0 Å². The summed E-state index contributed by atoms with van der Waals surface area (Å²) in [6.07, 6.45) is 0. The molecule has 9 heteroatoms. The number of anilines is 1. The number of sulfonamides is 1. The summed E-state index contributed by atoms with van der Waals surface area (Å²) in [5.41, 5.74) is 0.806. The van der Waals surface area contributed by atoms with E-state index in [1.807, 2.05) is 0 Å². The van der Waals surface area contributed by atoms with Gasteiger partial charge in [0, 0.05) is 24.3 Å². The van der Waals surface area contributed by atoms with Crippen LogP contribution in [0.3, 0.4) is 0 Å². The van der Waals surface area contributed by atoms with E-state index in [4.69, 9.17) is 9.47 Å². The number of methoxy groups -OCH3 is 1. The number of rotatable bonds is 7. The molecule has 7 nitrogen and oxygen atoms in total. The summed E-state index contributed by atoms with van der Waals surface area (Å²) in [6.45, 7) is 1.37. The van der Waals surface area contributed by atoms with Crippen LogP contribution in [0.2, 0.25) is 0 Å². The highest BCUT2D eigenvalue weighted by Crippen LogP contribution is 2.20. The van der Waals surface area contributed by atoms with E-state index in [9.17, 15) is 17.6 Å². The zero-order valence-electron chi connectivity index (χ0n) is 15.4. The summed E-state index contributed by atoms with van der Waals surface area (Å²) in [4.78, 5) is 12.4. The lowest BCUT2D eigenvalue weighted by Crippen LogP contribution is -2.40. The van der Waals surface area contributed by atoms with Gasteiger partial charge in [0.15, 0.2) is 17.3 Å². The predicted octanol–water partition coefficient (Wildman–Crippen LogP) is 2.15. The molecule has 0 radical (unpaired) electrons. The van der Waals surface area contributed by atoms with Crippen LogP contribution in [-0.4, -0.2) is 58.5 Å². The molecule has 0 aromatic heterocycles. The predicted molar refractivity (Wildman–Crippen MR) is 102 cm³/mol. The largest absolute Gasteiger partial charge is 0.494 e. The van der Waals surface area contributed by atoms with Crippen LogP contribution >= 0.6 is 0 Å². The van der Waals surface area contributed by atoms with Gasteiger partial charge in [0.05, 0.1) is 31.8 Å². The van der Waals surface area contributed by atoms with Gasteiger partial charge in [-0.25, -0.2) is 12.8 Å². The van der Waals surface area contributed by atoms with E-state index in [-0.39, 0.29) is 28.5 Å². The number of hydrogen-bond acceptors (Lipinski definition) is 6. The van der Waals surface area contributed by atoms with Gasteiger partial charge >= 0.3 is 0 Å². The normalized spacial score (nSPS) is 15.2. The first kappa shape index (κ1) is 20.2. The minimum absolute atomic E-state index is 0.0542. The fraction of sp³-hybridized carbons (Fsp3) is 0.316. The molecule has 28 heavy (non-hydrogen) atoms. The first-order chi connectivity index (χ1) is 13.4. The number of hydrogen-bond donors (Lipinski definition) is 1. The van der Waals surface area contributed by atoms with Gasteiger partial charge in [-0.2, -0.15) is 4.31 Å². The number of halogens is 1. The topological polar surface area (TPSA) is 84.9 Å². The lowest BCUT2D eigenvalue weighted by molar-refractivity contribution is 0.0730. The van der Waals surface area contributed by atoms with Crippen LogP contribution in [-0.2, 0) is 14.8 Å². The molecule has 1 aliphatic rings. The number of carbonyl (C=O) groups excluding carboxylic acids is 1. The Kier molecular flexibility index (Phi) is 6.28. The second-order valence-corrected chi connectivity index (χ2v) is 8.10. The highest BCUT2D eigenvalue weighted by atomic mass is 32.2. The Bertz CT molecular complexity index is 941. The molecule has 2 aromatic carbocycles. The van der Waals surface area contributed by atoms with Gasteiger partial charge in [-0.3, -0.25) is 4.79 Å². The van der Waals surface area contributed by atoms with Crippen molar-refractivity contribution in [2.45, 2.75) is 4.90 Å². The van der Waals surface area contributed by atoms with Crippen LogP contribution in [0, 0.1) is 5.82 Å². The molecule has 0 unspecified atom stereocenters. The van der Waals surface area contributed by atoms with Crippen LogP contribution in [0.5, 0.6) is 5.75 Å². The summed E-state index contributed by atoms with van der Waals surface area (Å²) in [6, 6.07) is 10.2. The second kappa shape index (κ2) is 8.68. The van der Waals surface area contributed by atoms with E-state index in [1.165, 1.54) is 35.7 Å². The van der Waals surface area contributed by atoms with E-state index < -0.39 is 15.8 Å². The Balaban J connectivity index is 1.63. The van der Waals surface area contributed by atoms with Gasteiger partial charge in [0.2, 0.25) is 10.0 Å². The number of ketones is 1. The summed E-state index contributed by atoms with van der Waals surface area (Å²) < 4.78 is 50.3. The molecular weight excluding hydrogens is 387 g/mol. The minimum atomic E-state index is -3.56. The number of Topliss-reactive ketones (excluding diaryl/α,β-unsaturated/α-hetero) is 1. The summed E-state index contributed by atoms with van der Waals surface area (Å²) in [5, 5.41) is 2.92. The molecular formula is C19H21FN2O5S. The summed E-state index contributed by atoms with van der Waals surface area (Å²) >= 11 is 0. The maximum absolute atomic E-state index is 13.7. The number of morpholine rings is 1. The van der Waals surface area contributed by atoms with Gasteiger partial charge in [0.25, 0.3) is 0 Å².